The number of hydrogen-bond donors (Lipinski definition) is 0. The van der Waals surface area contributed by atoms with Crippen LogP contribution in [0.25, 0.3) is 11.0 Å². The molecule has 1 amide bonds. The van der Waals surface area contributed by atoms with E-state index in [4.69, 9.17) is 4.52 Å². The third-order valence-corrected chi connectivity index (χ3v) is 4.90. The van der Waals surface area contributed by atoms with Gasteiger partial charge in [-0.25, -0.2) is 4.98 Å². The first-order valence-electron chi connectivity index (χ1n) is 8.66. The molecule has 6 nitrogen and oxygen atoms in total. The summed E-state index contributed by atoms with van der Waals surface area (Å²) >= 11 is 0. The maximum absolute atomic E-state index is 13.4. The maximum atomic E-state index is 13.4. The lowest BCUT2D eigenvalue weighted by molar-refractivity contribution is -0.147. The van der Waals surface area contributed by atoms with E-state index in [9.17, 15) is 18.0 Å². The first-order valence-corrected chi connectivity index (χ1v) is 8.66. The lowest BCUT2D eigenvalue weighted by Gasteiger charge is -2.32. The number of amides is 1. The lowest BCUT2D eigenvalue weighted by Crippen LogP contribution is -2.39. The maximum Gasteiger partial charge on any atom is 0.449 e. The number of alkyl halides is 3. The largest absolute Gasteiger partial charge is 0.449 e. The van der Waals surface area contributed by atoms with Crippen LogP contribution in [-0.4, -0.2) is 38.6 Å². The van der Waals surface area contributed by atoms with Gasteiger partial charge in [-0.3, -0.25) is 4.79 Å². The zero-order valence-electron chi connectivity index (χ0n) is 14.3. The molecular formula is C18H17F3N4O2. The van der Waals surface area contributed by atoms with Crippen molar-refractivity contribution >= 4 is 16.9 Å². The van der Waals surface area contributed by atoms with E-state index in [1.54, 1.807) is 29.2 Å². The number of fused-ring (bicyclic) bond motifs is 1. The van der Waals surface area contributed by atoms with Crippen LogP contribution >= 0.6 is 0 Å². The van der Waals surface area contributed by atoms with Crippen molar-refractivity contribution in [2.24, 2.45) is 5.92 Å². The summed E-state index contributed by atoms with van der Waals surface area (Å²) < 4.78 is 46.4. The number of nitrogens with zero attached hydrogens (tertiary/aromatic N) is 4. The molecule has 0 unspecified atom stereocenters. The van der Waals surface area contributed by atoms with Crippen LogP contribution in [0.5, 0.6) is 0 Å². The number of hydrogen-bond acceptors (Lipinski definition) is 4. The molecule has 1 aliphatic heterocycles. The minimum absolute atomic E-state index is 0.0301. The van der Waals surface area contributed by atoms with E-state index in [1.165, 1.54) is 16.8 Å². The Morgan fingerprint density at radius 1 is 1.19 bits per heavy atom. The monoisotopic (exact) mass is 378 g/mol. The Labute approximate surface area is 152 Å². The molecule has 0 atom stereocenters. The highest BCUT2D eigenvalue weighted by Gasteiger charge is 2.38. The fraction of sp³-hybridized carbons (Fsp3) is 0.389. The SMILES string of the molecule is O=C(c1ccno1)N1CCC(Cn2c(C(F)(F)F)nc3ccccc32)CC1. The molecule has 9 heteroatoms. The number of rotatable bonds is 3. The summed E-state index contributed by atoms with van der Waals surface area (Å²) in [6.45, 7) is 1.16. The van der Waals surface area contributed by atoms with Crippen molar-refractivity contribution in [3.63, 3.8) is 0 Å². The summed E-state index contributed by atoms with van der Waals surface area (Å²) in [6.07, 6.45) is -1.88. The van der Waals surface area contributed by atoms with Gasteiger partial charge in [-0.05, 0) is 30.9 Å². The van der Waals surface area contributed by atoms with Gasteiger partial charge in [0.2, 0.25) is 11.6 Å². The van der Waals surface area contributed by atoms with Gasteiger partial charge in [0.1, 0.15) is 0 Å². The third kappa shape index (κ3) is 3.41. The van der Waals surface area contributed by atoms with Crippen molar-refractivity contribution < 1.29 is 22.5 Å². The highest BCUT2D eigenvalue weighted by Crippen LogP contribution is 2.33. The molecule has 1 aromatic carbocycles. The predicted molar refractivity (Wildman–Crippen MR) is 89.9 cm³/mol. The Bertz CT molecular complexity index is 941. The summed E-state index contributed by atoms with van der Waals surface area (Å²) in [5.74, 6) is -0.908. The Balaban J connectivity index is 1.50. The summed E-state index contributed by atoms with van der Waals surface area (Å²) in [5.41, 5.74) is 0.813. The van der Waals surface area contributed by atoms with Crippen molar-refractivity contribution in [1.29, 1.82) is 0 Å². The molecule has 0 N–H and O–H groups in total. The van der Waals surface area contributed by atoms with Crippen LogP contribution in [-0.2, 0) is 12.7 Å². The Morgan fingerprint density at radius 3 is 2.59 bits per heavy atom. The number of para-hydroxylation sites is 2. The molecule has 1 aliphatic rings. The molecule has 2 aromatic heterocycles. The molecule has 0 aliphatic carbocycles. The molecule has 1 fully saturated rings. The Morgan fingerprint density at radius 2 is 1.93 bits per heavy atom. The van der Waals surface area contributed by atoms with Crippen LogP contribution in [0.15, 0.2) is 41.1 Å². The van der Waals surface area contributed by atoms with E-state index in [2.05, 4.69) is 10.1 Å². The van der Waals surface area contributed by atoms with Crippen molar-refractivity contribution in [3.8, 4) is 0 Å². The van der Waals surface area contributed by atoms with Crippen LogP contribution in [0.1, 0.15) is 29.2 Å². The van der Waals surface area contributed by atoms with Crippen LogP contribution in [0.4, 0.5) is 13.2 Å². The first kappa shape index (κ1) is 17.6. The summed E-state index contributed by atoms with van der Waals surface area (Å²) in [6, 6.07) is 8.12. The second-order valence-corrected chi connectivity index (χ2v) is 6.64. The van der Waals surface area contributed by atoms with Crippen molar-refractivity contribution in [1.82, 2.24) is 19.6 Å². The van der Waals surface area contributed by atoms with E-state index in [0.29, 0.717) is 37.0 Å². The van der Waals surface area contributed by atoms with E-state index in [1.807, 2.05) is 0 Å². The van der Waals surface area contributed by atoms with Crippen molar-refractivity contribution in [3.05, 3.63) is 48.1 Å². The zero-order chi connectivity index (χ0) is 19.0. The highest BCUT2D eigenvalue weighted by atomic mass is 19.4. The van der Waals surface area contributed by atoms with Gasteiger partial charge in [0, 0.05) is 25.7 Å². The highest BCUT2D eigenvalue weighted by molar-refractivity contribution is 5.91. The molecule has 0 radical (unpaired) electrons. The number of carbonyl (C=O) groups is 1. The molecule has 0 spiro atoms. The second kappa shape index (κ2) is 6.71. The van der Waals surface area contributed by atoms with Gasteiger partial charge in [0.05, 0.1) is 17.2 Å². The zero-order valence-corrected chi connectivity index (χ0v) is 14.3. The number of piperidine rings is 1. The minimum atomic E-state index is -4.51. The lowest BCUT2D eigenvalue weighted by atomic mass is 9.96. The molecule has 142 valence electrons. The van der Waals surface area contributed by atoms with Gasteiger partial charge in [-0.2, -0.15) is 13.2 Å². The first-order chi connectivity index (χ1) is 12.9. The van der Waals surface area contributed by atoms with E-state index in [-0.39, 0.29) is 24.1 Å². The summed E-state index contributed by atoms with van der Waals surface area (Å²) in [4.78, 5) is 17.7. The number of benzene rings is 1. The second-order valence-electron chi connectivity index (χ2n) is 6.64. The van der Waals surface area contributed by atoms with Crippen LogP contribution in [0.3, 0.4) is 0 Å². The quantitative estimate of drug-likeness (QED) is 0.699. The smallest absolute Gasteiger partial charge is 0.351 e. The molecule has 0 bridgehead atoms. The number of likely N-dealkylation sites (tertiary alicyclic amines) is 1. The van der Waals surface area contributed by atoms with Crippen LogP contribution in [0.2, 0.25) is 0 Å². The topological polar surface area (TPSA) is 64.2 Å². The number of halogens is 3. The Hall–Kier alpha value is -2.84. The number of aromatic nitrogens is 3. The fourth-order valence-electron chi connectivity index (χ4n) is 3.54. The molecule has 0 saturated carbocycles. The fourth-order valence-corrected chi connectivity index (χ4v) is 3.54. The standard InChI is InChI=1S/C18H17F3N4O2/c19-18(20,21)17-23-13-3-1-2-4-14(13)25(17)11-12-6-9-24(10-7-12)16(26)15-5-8-22-27-15/h1-5,8,12H,6-7,9-11H2. The number of imidazole rings is 1. The van der Waals surface area contributed by atoms with Gasteiger partial charge in [0.25, 0.3) is 5.91 Å². The average Bonchev–Trinajstić information content (AvgIpc) is 3.30. The Kier molecular flexibility index (Phi) is 4.37. The van der Waals surface area contributed by atoms with Gasteiger partial charge in [-0.15, -0.1) is 0 Å². The third-order valence-electron chi connectivity index (χ3n) is 4.90. The van der Waals surface area contributed by atoms with Crippen LogP contribution in [0, 0.1) is 5.92 Å². The van der Waals surface area contributed by atoms with E-state index < -0.39 is 12.0 Å². The number of carbonyl (C=O) groups excluding carboxylic acids is 1. The summed E-state index contributed by atoms with van der Waals surface area (Å²) in [7, 11) is 0. The minimum Gasteiger partial charge on any atom is -0.351 e. The van der Waals surface area contributed by atoms with Crippen molar-refractivity contribution in [2.45, 2.75) is 25.6 Å². The molecule has 4 rings (SSSR count). The average molecular weight is 378 g/mol. The molecule has 3 aromatic rings. The summed E-state index contributed by atoms with van der Waals surface area (Å²) in [5, 5.41) is 3.53. The van der Waals surface area contributed by atoms with Crippen LogP contribution < -0.4 is 0 Å². The van der Waals surface area contributed by atoms with Gasteiger partial charge in [0.15, 0.2) is 0 Å². The van der Waals surface area contributed by atoms with Gasteiger partial charge < -0.3 is 14.0 Å². The van der Waals surface area contributed by atoms with Gasteiger partial charge >= 0.3 is 6.18 Å². The van der Waals surface area contributed by atoms with Gasteiger partial charge in [-0.1, -0.05) is 17.3 Å². The normalized spacial score (nSPS) is 16.2. The predicted octanol–water partition coefficient (Wildman–Crippen LogP) is 3.60. The molecule has 3 heterocycles. The van der Waals surface area contributed by atoms with E-state index >= 15 is 0 Å². The molecular weight excluding hydrogens is 361 g/mol. The van der Waals surface area contributed by atoms with E-state index in [0.717, 1.165) is 0 Å². The molecule has 1 saturated heterocycles. The van der Waals surface area contributed by atoms with Crippen molar-refractivity contribution in [2.75, 3.05) is 13.1 Å². The molecule has 27 heavy (non-hydrogen) atoms.